The van der Waals surface area contributed by atoms with Gasteiger partial charge in [0.15, 0.2) is 5.82 Å². The van der Waals surface area contributed by atoms with Crippen LogP contribution in [0, 0.1) is 0 Å². The number of benzene rings is 1. The monoisotopic (exact) mass is 349 g/mol. The van der Waals surface area contributed by atoms with Crippen molar-refractivity contribution in [2.24, 2.45) is 7.05 Å². The van der Waals surface area contributed by atoms with Crippen molar-refractivity contribution in [3.05, 3.63) is 36.4 Å². The minimum Gasteiger partial charge on any atom is -0.338 e. The fourth-order valence-corrected chi connectivity index (χ4v) is 3.75. The van der Waals surface area contributed by atoms with Crippen molar-refractivity contribution < 1.29 is 0 Å². The predicted octanol–water partition coefficient (Wildman–Crippen LogP) is 2.16. The quantitative estimate of drug-likeness (QED) is 0.782. The van der Waals surface area contributed by atoms with Crippen molar-refractivity contribution in [2.75, 3.05) is 31.1 Å². The van der Waals surface area contributed by atoms with E-state index in [2.05, 4.69) is 46.9 Å². The van der Waals surface area contributed by atoms with Crippen molar-refractivity contribution in [2.45, 2.75) is 18.9 Å². The highest BCUT2D eigenvalue weighted by Crippen LogP contribution is 2.29. The second kappa shape index (κ2) is 6.25. The fourth-order valence-electron chi connectivity index (χ4n) is 3.75. The molecule has 7 heteroatoms. The smallest absolute Gasteiger partial charge is 0.227 e. The minimum absolute atomic E-state index is 0.819. The summed E-state index contributed by atoms with van der Waals surface area (Å²) in [6.07, 6.45) is 2.75. The lowest BCUT2D eigenvalue weighted by molar-refractivity contribution is 0.246. The third-order valence-corrected chi connectivity index (χ3v) is 5.40. The Kier molecular flexibility index (Phi) is 3.74. The van der Waals surface area contributed by atoms with E-state index in [9.17, 15) is 0 Å². The maximum atomic E-state index is 4.46. The summed E-state index contributed by atoms with van der Waals surface area (Å²) in [6.45, 7) is 4.27. The molecule has 0 radical (unpaired) electrons. The number of H-pyrrole nitrogens is 1. The molecule has 2 aromatic heterocycles. The molecule has 1 aliphatic carbocycles. The SMILES string of the molecule is Cn1c(-c2cc(-c3ccccc3)n[nH]2)nnc1N1CCN(C2CC2)CC1. The maximum absolute atomic E-state index is 4.46. The normalized spacial score (nSPS) is 18.4. The van der Waals surface area contributed by atoms with Gasteiger partial charge in [0.2, 0.25) is 5.95 Å². The zero-order valence-corrected chi connectivity index (χ0v) is 15.0. The molecule has 134 valence electrons. The molecule has 2 aliphatic rings. The molecule has 1 N–H and O–H groups in total. The van der Waals surface area contributed by atoms with Crippen LogP contribution < -0.4 is 4.90 Å². The minimum atomic E-state index is 0.819. The Morgan fingerprint density at radius 2 is 1.77 bits per heavy atom. The summed E-state index contributed by atoms with van der Waals surface area (Å²) in [4.78, 5) is 4.94. The highest BCUT2D eigenvalue weighted by molar-refractivity contribution is 5.65. The highest BCUT2D eigenvalue weighted by Gasteiger charge is 2.32. The Bertz CT molecular complexity index is 886. The molecule has 1 aliphatic heterocycles. The van der Waals surface area contributed by atoms with E-state index < -0.39 is 0 Å². The third-order valence-electron chi connectivity index (χ3n) is 5.40. The number of aromatic amines is 1. The number of nitrogens with zero attached hydrogens (tertiary/aromatic N) is 6. The van der Waals surface area contributed by atoms with Crippen LogP contribution in [-0.2, 0) is 7.05 Å². The number of hydrogen-bond acceptors (Lipinski definition) is 5. The molecule has 7 nitrogen and oxygen atoms in total. The van der Waals surface area contributed by atoms with Gasteiger partial charge in [0.05, 0.1) is 5.69 Å². The standard InChI is InChI=1S/C19H23N7/c1-24-18(17-13-16(20-21-17)14-5-3-2-4-6-14)22-23-19(24)26-11-9-25(10-12-26)15-7-8-15/h2-6,13,15H,7-12H2,1H3,(H,20,21). The third kappa shape index (κ3) is 2.78. The lowest BCUT2D eigenvalue weighted by Crippen LogP contribution is -2.48. The average Bonchev–Trinajstić information content (AvgIpc) is 3.30. The van der Waals surface area contributed by atoms with Crippen LogP contribution in [0.15, 0.2) is 36.4 Å². The molecule has 1 aromatic carbocycles. The lowest BCUT2D eigenvalue weighted by Gasteiger charge is -2.35. The largest absolute Gasteiger partial charge is 0.338 e. The molecule has 0 spiro atoms. The molecule has 26 heavy (non-hydrogen) atoms. The Labute approximate surface area is 152 Å². The van der Waals surface area contributed by atoms with Crippen molar-refractivity contribution in [3.63, 3.8) is 0 Å². The molecule has 1 saturated carbocycles. The molecule has 3 aromatic rings. The van der Waals surface area contributed by atoms with E-state index in [1.807, 2.05) is 31.3 Å². The van der Waals surface area contributed by atoms with Gasteiger partial charge in [-0.05, 0) is 18.9 Å². The lowest BCUT2D eigenvalue weighted by atomic mass is 10.1. The van der Waals surface area contributed by atoms with Crippen molar-refractivity contribution >= 4 is 5.95 Å². The molecule has 3 heterocycles. The van der Waals surface area contributed by atoms with Crippen molar-refractivity contribution in [1.29, 1.82) is 0 Å². The van der Waals surface area contributed by atoms with Crippen molar-refractivity contribution in [3.8, 4) is 22.8 Å². The van der Waals surface area contributed by atoms with Crippen LogP contribution in [0.1, 0.15) is 12.8 Å². The van der Waals surface area contributed by atoms with E-state index in [1.165, 1.54) is 12.8 Å². The summed E-state index contributed by atoms with van der Waals surface area (Å²) in [7, 11) is 2.03. The number of piperazine rings is 1. The number of aromatic nitrogens is 5. The van der Waals surface area contributed by atoms with E-state index in [0.29, 0.717) is 0 Å². The first-order valence-electron chi connectivity index (χ1n) is 9.29. The number of nitrogens with one attached hydrogen (secondary N) is 1. The Morgan fingerprint density at radius 1 is 1.00 bits per heavy atom. The summed E-state index contributed by atoms with van der Waals surface area (Å²) in [5, 5.41) is 16.4. The Balaban J connectivity index is 1.36. The Hall–Kier alpha value is -2.67. The molecule has 5 rings (SSSR count). The van der Waals surface area contributed by atoms with Crippen LogP contribution in [0.3, 0.4) is 0 Å². The summed E-state index contributed by atoms with van der Waals surface area (Å²) in [5.74, 6) is 1.76. The molecule has 2 fully saturated rings. The summed E-state index contributed by atoms with van der Waals surface area (Å²) in [6, 6.07) is 13.0. The second-order valence-electron chi connectivity index (χ2n) is 7.17. The first kappa shape index (κ1) is 15.6. The summed E-state index contributed by atoms with van der Waals surface area (Å²) in [5.41, 5.74) is 2.90. The van der Waals surface area contributed by atoms with Gasteiger partial charge >= 0.3 is 0 Å². The van der Waals surface area contributed by atoms with Gasteiger partial charge in [0, 0.05) is 44.8 Å². The van der Waals surface area contributed by atoms with E-state index >= 15 is 0 Å². The van der Waals surface area contributed by atoms with Crippen LogP contribution in [0.5, 0.6) is 0 Å². The molecular weight excluding hydrogens is 326 g/mol. The van der Waals surface area contributed by atoms with E-state index in [1.54, 1.807) is 0 Å². The maximum Gasteiger partial charge on any atom is 0.227 e. The highest BCUT2D eigenvalue weighted by atomic mass is 15.4. The second-order valence-corrected chi connectivity index (χ2v) is 7.17. The fraction of sp³-hybridized carbons (Fsp3) is 0.421. The molecule has 0 amide bonds. The van der Waals surface area contributed by atoms with Gasteiger partial charge < -0.3 is 4.90 Å². The van der Waals surface area contributed by atoms with E-state index in [-0.39, 0.29) is 0 Å². The molecule has 0 unspecified atom stereocenters. The van der Waals surface area contributed by atoms with Crippen LogP contribution in [0.4, 0.5) is 5.95 Å². The van der Waals surface area contributed by atoms with Gasteiger partial charge in [-0.15, -0.1) is 10.2 Å². The van der Waals surface area contributed by atoms with Gasteiger partial charge in [-0.25, -0.2) is 0 Å². The van der Waals surface area contributed by atoms with Gasteiger partial charge in [-0.1, -0.05) is 30.3 Å². The zero-order chi connectivity index (χ0) is 17.5. The molecule has 0 bridgehead atoms. The Morgan fingerprint density at radius 3 is 2.50 bits per heavy atom. The van der Waals surface area contributed by atoms with Crippen LogP contribution in [-0.4, -0.2) is 62.1 Å². The van der Waals surface area contributed by atoms with Gasteiger partial charge in [-0.3, -0.25) is 14.6 Å². The average molecular weight is 349 g/mol. The van der Waals surface area contributed by atoms with Crippen LogP contribution >= 0.6 is 0 Å². The number of anilines is 1. The summed E-state index contributed by atoms with van der Waals surface area (Å²) >= 11 is 0. The number of rotatable bonds is 4. The molecule has 1 saturated heterocycles. The zero-order valence-electron chi connectivity index (χ0n) is 15.0. The first-order chi connectivity index (χ1) is 12.8. The summed E-state index contributed by atoms with van der Waals surface area (Å²) < 4.78 is 2.06. The van der Waals surface area contributed by atoms with Crippen LogP contribution in [0.2, 0.25) is 0 Å². The topological polar surface area (TPSA) is 65.9 Å². The van der Waals surface area contributed by atoms with E-state index in [4.69, 9.17) is 0 Å². The van der Waals surface area contributed by atoms with Gasteiger partial charge in [0.25, 0.3) is 0 Å². The number of hydrogen-bond donors (Lipinski definition) is 1. The first-order valence-corrected chi connectivity index (χ1v) is 9.29. The van der Waals surface area contributed by atoms with E-state index in [0.717, 1.165) is 60.9 Å². The predicted molar refractivity (Wildman–Crippen MR) is 101 cm³/mol. The van der Waals surface area contributed by atoms with Crippen molar-refractivity contribution in [1.82, 2.24) is 29.9 Å². The van der Waals surface area contributed by atoms with Gasteiger partial charge in [0.1, 0.15) is 5.69 Å². The molecule has 0 atom stereocenters. The molecular formula is C19H23N7. The van der Waals surface area contributed by atoms with Crippen LogP contribution in [0.25, 0.3) is 22.8 Å². The van der Waals surface area contributed by atoms with Gasteiger partial charge in [-0.2, -0.15) is 5.10 Å².